The fourth-order valence-electron chi connectivity index (χ4n) is 7.28. The molecule has 11 rings (SSSR count). The maximum absolute atomic E-state index is 6.33. The topological polar surface area (TPSA) is 124 Å². The summed E-state index contributed by atoms with van der Waals surface area (Å²) in [5.41, 5.74) is 7.33. The minimum Gasteiger partial charge on any atom is -0.457 e. The van der Waals surface area contributed by atoms with Crippen LogP contribution in [0.4, 0.5) is 0 Å². The van der Waals surface area contributed by atoms with E-state index in [0.29, 0.717) is 57.4 Å². The van der Waals surface area contributed by atoms with Crippen molar-refractivity contribution in [3.8, 4) is 68.5 Å². The van der Waals surface area contributed by atoms with Gasteiger partial charge >= 0.3 is 19.5 Å². The Labute approximate surface area is 338 Å². The molecule has 0 saturated heterocycles. The molecule has 0 spiro atoms. The van der Waals surface area contributed by atoms with Gasteiger partial charge in [0.05, 0.1) is 23.3 Å². The van der Waals surface area contributed by atoms with Crippen molar-refractivity contribution in [2.75, 3.05) is 0 Å². The van der Waals surface area contributed by atoms with Crippen LogP contribution in [-0.2, 0) is 19.5 Å². The van der Waals surface area contributed by atoms with Gasteiger partial charge in [0.2, 0.25) is 0 Å². The molecule has 0 radical (unpaired) electrons. The molecule has 9 aromatic rings. The molecule has 0 N–H and O–H groups in total. The minimum absolute atomic E-state index is 0. The molecule has 5 heterocycles. The number of hydrogen-bond donors (Lipinski definition) is 0. The first-order valence-corrected chi connectivity index (χ1v) is 18.2. The number of hydrogen-bond acceptors (Lipinski definition) is 8. The third-order valence-corrected chi connectivity index (χ3v) is 9.91. The van der Waals surface area contributed by atoms with E-state index in [4.69, 9.17) is 49.3 Å². The molecule has 2 aliphatic heterocycles. The average Bonchev–Trinajstić information content (AvgIpc) is 3.93. The average molecular weight is 790 g/mol. The molecule has 0 fully saturated rings. The van der Waals surface area contributed by atoms with E-state index in [-0.39, 0.29) is 19.5 Å². The molecule has 8 bridgehead atoms. The minimum atomic E-state index is 0. The summed E-state index contributed by atoms with van der Waals surface area (Å²) in [7, 11) is 0. The second-order valence-electron chi connectivity index (χ2n) is 13.8. The van der Waals surface area contributed by atoms with E-state index in [2.05, 4.69) is 0 Å². The fraction of sp³-hybridized carbons (Fsp3) is 0.0435. The largest absolute Gasteiger partial charge is 2.00 e. The van der Waals surface area contributed by atoms with E-state index in [9.17, 15) is 0 Å². The maximum Gasteiger partial charge on any atom is 2.00 e. The van der Waals surface area contributed by atoms with Gasteiger partial charge in [-0.25, -0.2) is 9.97 Å². The maximum atomic E-state index is 6.33. The van der Waals surface area contributed by atoms with E-state index >= 15 is 0 Å². The molecule has 11 heteroatoms. The first-order chi connectivity index (χ1) is 27.5. The Morgan fingerprint density at radius 2 is 0.772 bits per heavy atom. The van der Waals surface area contributed by atoms with Crippen molar-refractivity contribution in [1.82, 2.24) is 39.9 Å². The smallest absolute Gasteiger partial charge is 0.457 e. The van der Waals surface area contributed by atoms with Gasteiger partial charge in [0.1, 0.15) is 23.0 Å². The number of nitrogens with zero attached hydrogens (tertiary/aromatic N) is 8. The van der Waals surface area contributed by atoms with Crippen LogP contribution in [0.3, 0.4) is 0 Å². The van der Waals surface area contributed by atoms with Crippen LogP contribution in [0.2, 0.25) is 0 Å². The Balaban J connectivity index is 0.00000396. The van der Waals surface area contributed by atoms with Crippen molar-refractivity contribution in [2.24, 2.45) is 0 Å². The van der Waals surface area contributed by atoms with Gasteiger partial charge in [0, 0.05) is 44.8 Å². The van der Waals surface area contributed by atoms with Crippen molar-refractivity contribution in [3.05, 3.63) is 145 Å². The predicted octanol–water partition coefficient (Wildman–Crippen LogP) is 10.3. The second kappa shape index (κ2) is 13.6. The molecule has 2 aliphatic rings. The summed E-state index contributed by atoms with van der Waals surface area (Å²) in [6, 6.07) is 43.4. The zero-order valence-corrected chi connectivity index (χ0v) is 33.8. The molecule has 0 unspecified atom stereocenters. The molecule has 6 aromatic carbocycles. The van der Waals surface area contributed by atoms with Crippen LogP contribution in [0, 0.1) is 13.8 Å². The number of aryl methyl sites for hydroxylation is 2. The van der Waals surface area contributed by atoms with Gasteiger partial charge in [-0.3, -0.25) is 0 Å². The molecule has 57 heavy (non-hydrogen) atoms. The Kier molecular flexibility index (Phi) is 8.20. The summed E-state index contributed by atoms with van der Waals surface area (Å²) in [5.74, 6) is 4.64. The van der Waals surface area contributed by atoms with Gasteiger partial charge in [-0.05, 0) is 107 Å². The second-order valence-corrected chi connectivity index (χ2v) is 13.8. The van der Waals surface area contributed by atoms with Crippen LogP contribution < -0.4 is 19.4 Å². The van der Waals surface area contributed by atoms with E-state index in [1.807, 2.05) is 147 Å². The van der Waals surface area contributed by atoms with Crippen LogP contribution in [0.15, 0.2) is 133 Å². The number of aromatic nitrogens is 8. The van der Waals surface area contributed by atoms with Crippen molar-refractivity contribution < 1.29 is 29.0 Å². The molecular weight excluding hydrogens is 762 g/mol. The third kappa shape index (κ3) is 6.09. The molecule has 3 aromatic heterocycles. The van der Waals surface area contributed by atoms with E-state index < -0.39 is 0 Å². The predicted molar refractivity (Wildman–Crippen MR) is 216 cm³/mol. The molecule has 0 amide bonds. The Morgan fingerprint density at radius 3 is 1.32 bits per heavy atom. The number of benzene rings is 6. The summed E-state index contributed by atoms with van der Waals surface area (Å²) in [4.78, 5) is 40.4. The van der Waals surface area contributed by atoms with Crippen molar-refractivity contribution in [3.63, 3.8) is 0 Å². The molecular formula is C46H28N8O2Zn. The zero-order valence-electron chi connectivity index (χ0n) is 30.8. The Hall–Kier alpha value is -7.10. The molecule has 0 saturated carbocycles. The van der Waals surface area contributed by atoms with Crippen LogP contribution in [-0.4, -0.2) is 29.9 Å². The monoisotopic (exact) mass is 788 g/mol. The van der Waals surface area contributed by atoms with Crippen LogP contribution in [0.25, 0.3) is 89.7 Å². The van der Waals surface area contributed by atoms with Gasteiger partial charge in [-0.2, -0.15) is 0 Å². The molecule has 0 aliphatic carbocycles. The summed E-state index contributed by atoms with van der Waals surface area (Å²) in [5, 5.41) is 3.23. The molecule has 10 nitrogen and oxygen atoms in total. The van der Waals surface area contributed by atoms with E-state index in [1.165, 1.54) is 0 Å². The van der Waals surface area contributed by atoms with E-state index in [1.54, 1.807) is 0 Å². The van der Waals surface area contributed by atoms with Gasteiger partial charge < -0.3 is 39.4 Å². The molecule has 266 valence electrons. The van der Waals surface area contributed by atoms with Crippen LogP contribution >= 0.6 is 0 Å². The quantitative estimate of drug-likeness (QED) is 0.159. The molecule has 0 atom stereocenters. The van der Waals surface area contributed by atoms with Crippen molar-refractivity contribution in [2.45, 2.75) is 13.8 Å². The van der Waals surface area contributed by atoms with Gasteiger partial charge in [-0.15, -0.1) is 0 Å². The summed E-state index contributed by atoms with van der Waals surface area (Å²) >= 11 is 0. The van der Waals surface area contributed by atoms with Gasteiger partial charge in [-0.1, -0.05) is 72.8 Å². The number of ether oxygens (including phenoxy) is 2. The van der Waals surface area contributed by atoms with Gasteiger partial charge in [0.25, 0.3) is 0 Å². The number of fused-ring (bicyclic) bond motifs is 20. The Bertz CT molecular complexity index is 3270. The van der Waals surface area contributed by atoms with Crippen molar-refractivity contribution in [1.29, 1.82) is 0 Å². The van der Waals surface area contributed by atoms with Crippen molar-refractivity contribution >= 4 is 44.1 Å². The van der Waals surface area contributed by atoms with Crippen LogP contribution in [0.5, 0.6) is 23.0 Å². The normalized spacial score (nSPS) is 11.5. The first-order valence-electron chi connectivity index (χ1n) is 18.2. The fourth-order valence-corrected chi connectivity index (χ4v) is 7.28. The zero-order chi connectivity index (χ0) is 37.3. The summed E-state index contributed by atoms with van der Waals surface area (Å²) < 4.78 is 12.7. The van der Waals surface area contributed by atoms with Crippen LogP contribution in [0.1, 0.15) is 11.1 Å². The number of rotatable bonds is 4. The summed E-state index contributed by atoms with van der Waals surface area (Å²) in [6.07, 6.45) is 0. The van der Waals surface area contributed by atoms with Gasteiger partial charge in [0.15, 0.2) is 0 Å². The standard InChI is InChI=1S/C46H28N8O2.Zn/c1-25-9-7-11-27(21-25)55-29-17-19-35-37(23-29)46-52-43(35)50-41-32-14-4-3-13-31(32)39(48-41)47-40-33-15-5-6-16-34(33)42(49-40)51-45-38-24-30(18-20-36(38)44(53-45)54-46)56-28-12-8-10-26(2)22-28;/h3-24H,1-2H3;/q-2;+2. The van der Waals surface area contributed by atoms with E-state index in [0.717, 1.165) is 66.4 Å². The Morgan fingerprint density at radius 1 is 0.351 bits per heavy atom. The first kappa shape index (κ1) is 34.4. The summed E-state index contributed by atoms with van der Waals surface area (Å²) in [6.45, 7) is 4.07. The third-order valence-electron chi connectivity index (χ3n) is 9.91. The SMILES string of the molecule is Cc1cccc(Oc2ccc3c(c2)-c2nc-3nc3[n-]c(nc4nc(nc5[n-]c(n2)c2ccc(Oc6cccc(C)c6)cc52)-c2ccccc2-4)c2ccccc32)c1.[Zn+2].